The van der Waals surface area contributed by atoms with Crippen LogP contribution in [0.3, 0.4) is 0 Å². The van der Waals surface area contributed by atoms with Gasteiger partial charge in [-0.2, -0.15) is 11.3 Å². The first kappa shape index (κ1) is 14.0. The first-order chi connectivity index (χ1) is 8.52. The molecule has 2 N–H and O–H groups in total. The van der Waals surface area contributed by atoms with E-state index in [1.165, 1.54) is 5.56 Å². The largest absolute Gasteiger partial charge is 0.329 e. The van der Waals surface area contributed by atoms with Gasteiger partial charge in [0.2, 0.25) is 0 Å². The average molecular weight is 267 g/mol. The van der Waals surface area contributed by atoms with Crippen molar-refractivity contribution in [2.45, 2.75) is 32.4 Å². The Kier molecular flexibility index (Phi) is 4.43. The molecule has 102 valence electrons. The molecule has 0 amide bonds. The predicted octanol–water partition coefficient (Wildman–Crippen LogP) is 2.16. The van der Waals surface area contributed by atoms with E-state index in [0.717, 1.165) is 26.2 Å². The van der Waals surface area contributed by atoms with E-state index in [2.05, 4.69) is 47.4 Å². The van der Waals surface area contributed by atoms with Crippen molar-refractivity contribution in [3.05, 3.63) is 22.4 Å². The molecule has 4 heteroatoms. The smallest absolute Gasteiger partial charge is 0.0479 e. The summed E-state index contributed by atoms with van der Waals surface area (Å²) in [5.41, 5.74) is 7.63. The molecule has 1 aliphatic heterocycles. The van der Waals surface area contributed by atoms with E-state index in [9.17, 15) is 0 Å². The van der Waals surface area contributed by atoms with Crippen LogP contribution < -0.4 is 5.73 Å². The summed E-state index contributed by atoms with van der Waals surface area (Å²) >= 11 is 1.76. The molecule has 1 unspecified atom stereocenters. The van der Waals surface area contributed by atoms with Gasteiger partial charge in [-0.15, -0.1) is 0 Å². The van der Waals surface area contributed by atoms with Gasteiger partial charge in [-0.05, 0) is 43.2 Å². The molecule has 0 radical (unpaired) electrons. The van der Waals surface area contributed by atoms with E-state index in [0.29, 0.717) is 12.6 Å². The fourth-order valence-electron chi connectivity index (χ4n) is 2.66. The van der Waals surface area contributed by atoms with Gasteiger partial charge < -0.3 is 5.73 Å². The molecule has 0 aliphatic carbocycles. The van der Waals surface area contributed by atoms with Crippen LogP contribution in [0.5, 0.6) is 0 Å². The van der Waals surface area contributed by atoms with Gasteiger partial charge in [-0.25, -0.2) is 0 Å². The molecular weight excluding hydrogens is 242 g/mol. The third kappa shape index (κ3) is 3.12. The summed E-state index contributed by atoms with van der Waals surface area (Å²) in [6.45, 7) is 12.1. The van der Waals surface area contributed by atoms with Gasteiger partial charge in [0, 0.05) is 44.3 Å². The molecule has 0 spiro atoms. The van der Waals surface area contributed by atoms with Crippen molar-refractivity contribution in [1.29, 1.82) is 0 Å². The molecule has 2 heterocycles. The minimum Gasteiger partial charge on any atom is -0.329 e. The minimum absolute atomic E-state index is 0.284. The second-order valence-electron chi connectivity index (χ2n) is 6.00. The zero-order valence-corrected chi connectivity index (χ0v) is 12.5. The topological polar surface area (TPSA) is 32.5 Å². The second kappa shape index (κ2) is 5.70. The second-order valence-corrected chi connectivity index (χ2v) is 6.78. The maximum absolute atomic E-state index is 5.96. The molecular formula is C14H25N3S. The highest BCUT2D eigenvalue weighted by molar-refractivity contribution is 7.07. The maximum Gasteiger partial charge on any atom is 0.0479 e. The lowest BCUT2D eigenvalue weighted by molar-refractivity contribution is 0.0434. The standard InChI is InChI=1S/C14H25N3S/c1-14(2,3)17-7-5-16(6-8-17)13(10-15)12-4-9-18-11-12/h4,9,11,13H,5-8,10,15H2,1-3H3. The molecule has 0 aromatic carbocycles. The number of rotatable bonds is 3. The zero-order chi connectivity index (χ0) is 13.2. The number of piperazine rings is 1. The van der Waals surface area contributed by atoms with Crippen molar-refractivity contribution in [2.75, 3.05) is 32.7 Å². The lowest BCUT2D eigenvalue weighted by Crippen LogP contribution is -2.54. The zero-order valence-electron chi connectivity index (χ0n) is 11.7. The molecule has 18 heavy (non-hydrogen) atoms. The summed E-state index contributed by atoms with van der Waals surface area (Å²) in [6, 6.07) is 2.61. The van der Waals surface area contributed by atoms with Crippen LogP contribution >= 0.6 is 11.3 Å². The number of hydrogen-bond acceptors (Lipinski definition) is 4. The van der Waals surface area contributed by atoms with Gasteiger partial charge >= 0.3 is 0 Å². The van der Waals surface area contributed by atoms with Gasteiger partial charge in [0.1, 0.15) is 0 Å². The van der Waals surface area contributed by atoms with E-state index in [4.69, 9.17) is 5.73 Å². The summed E-state index contributed by atoms with van der Waals surface area (Å²) in [7, 11) is 0. The van der Waals surface area contributed by atoms with E-state index < -0.39 is 0 Å². The van der Waals surface area contributed by atoms with Crippen LogP contribution in [0, 0.1) is 0 Å². The van der Waals surface area contributed by atoms with E-state index >= 15 is 0 Å². The van der Waals surface area contributed by atoms with Crippen LogP contribution in [0.1, 0.15) is 32.4 Å². The third-order valence-corrected chi connectivity index (χ3v) is 4.56. The normalized spacial score (nSPS) is 21.1. The van der Waals surface area contributed by atoms with Crippen LogP contribution in [0.2, 0.25) is 0 Å². The van der Waals surface area contributed by atoms with Crippen LogP contribution in [0.4, 0.5) is 0 Å². The molecule has 0 bridgehead atoms. The summed E-state index contributed by atoms with van der Waals surface area (Å²) in [5.74, 6) is 0. The van der Waals surface area contributed by atoms with Crippen molar-refractivity contribution in [2.24, 2.45) is 5.73 Å². The first-order valence-corrected chi connectivity index (χ1v) is 7.68. The number of hydrogen-bond donors (Lipinski definition) is 1. The Morgan fingerprint density at radius 2 is 1.94 bits per heavy atom. The Hall–Kier alpha value is -0.420. The average Bonchev–Trinajstić information content (AvgIpc) is 2.83. The molecule has 3 nitrogen and oxygen atoms in total. The highest BCUT2D eigenvalue weighted by Crippen LogP contribution is 2.25. The van der Waals surface area contributed by atoms with Crippen LogP contribution in [0.15, 0.2) is 16.8 Å². The van der Waals surface area contributed by atoms with Gasteiger partial charge in [0.25, 0.3) is 0 Å². The van der Waals surface area contributed by atoms with Gasteiger partial charge in [-0.3, -0.25) is 9.80 Å². The number of nitrogens with two attached hydrogens (primary N) is 1. The van der Waals surface area contributed by atoms with Crippen LogP contribution in [0.25, 0.3) is 0 Å². The summed E-state index contributed by atoms with van der Waals surface area (Å²) in [4.78, 5) is 5.09. The Labute approximate surface area is 115 Å². The van der Waals surface area contributed by atoms with E-state index in [1.54, 1.807) is 11.3 Å². The first-order valence-electron chi connectivity index (χ1n) is 6.73. The van der Waals surface area contributed by atoms with E-state index in [1.807, 2.05) is 0 Å². The van der Waals surface area contributed by atoms with Crippen molar-refractivity contribution >= 4 is 11.3 Å². The quantitative estimate of drug-likeness (QED) is 0.911. The minimum atomic E-state index is 0.284. The third-order valence-electron chi connectivity index (χ3n) is 3.85. The molecule has 1 atom stereocenters. The molecule has 1 aliphatic rings. The van der Waals surface area contributed by atoms with Crippen molar-refractivity contribution in [1.82, 2.24) is 9.80 Å². The number of nitrogens with zero attached hydrogens (tertiary/aromatic N) is 2. The molecule has 1 saturated heterocycles. The van der Waals surface area contributed by atoms with Gasteiger partial charge in [-0.1, -0.05) is 0 Å². The highest BCUT2D eigenvalue weighted by Gasteiger charge is 2.29. The molecule has 1 aromatic heterocycles. The van der Waals surface area contributed by atoms with Crippen LogP contribution in [-0.4, -0.2) is 48.1 Å². The maximum atomic E-state index is 5.96. The fourth-order valence-corrected chi connectivity index (χ4v) is 3.37. The Morgan fingerprint density at radius 3 is 2.39 bits per heavy atom. The Bertz CT molecular complexity index is 348. The van der Waals surface area contributed by atoms with E-state index in [-0.39, 0.29) is 5.54 Å². The fraction of sp³-hybridized carbons (Fsp3) is 0.714. The molecule has 1 aromatic rings. The molecule has 0 saturated carbocycles. The van der Waals surface area contributed by atoms with Crippen LogP contribution in [-0.2, 0) is 0 Å². The lowest BCUT2D eigenvalue weighted by Gasteiger charge is -2.44. The summed E-state index contributed by atoms with van der Waals surface area (Å²) in [6.07, 6.45) is 0. The summed E-state index contributed by atoms with van der Waals surface area (Å²) in [5, 5.41) is 4.37. The van der Waals surface area contributed by atoms with Crippen molar-refractivity contribution < 1.29 is 0 Å². The van der Waals surface area contributed by atoms with Crippen molar-refractivity contribution in [3.8, 4) is 0 Å². The highest BCUT2D eigenvalue weighted by atomic mass is 32.1. The monoisotopic (exact) mass is 267 g/mol. The van der Waals surface area contributed by atoms with Gasteiger partial charge in [0.05, 0.1) is 0 Å². The Balaban J connectivity index is 1.96. The van der Waals surface area contributed by atoms with Gasteiger partial charge in [0.15, 0.2) is 0 Å². The SMILES string of the molecule is CC(C)(C)N1CCN(C(CN)c2ccsc2)CC1. The predicted molar refractivity (Wildman–Crippen MR) is 79.0 cm³/mol. The van der Waals surface area contributed by atoms with Crippen molar-refractivity contribution in [3.63, 3.8) is 0 Å². The lowest BCUT2D eigenvalue weighted by atomic mass is 10.0. The molecule has 1 fully saturated rings. The Morgan fingerprint density at radius 1 is 1.28 bits per heavy atom. The molecule has 2 rings (SSSR count). The number of thiophene rings is 1. The summed E-state index contributed by atoms with van der Waals surface area (Å²) < 4.78 is 0.